The fourth-order valence-corrected chi connectivity index (χ4v) is 2.78. The van der Waals surface area contributed by atoms with Crippen LogP contribution in [0.5, 0.6) is 0 Å². The summed E-state index contributed by atoms with van der Waals surface area (Å²) in [6.07, 6.45) is 2.07. The van der Waals surface area contributed by atoms with Crippen molar-refractivity contribution in [1.82, 2.24) is 10.2 Å². The van der Waals surface area contributed by atoms with E-state index in [0.717, 1.165) is 31.1 Å². The predicted molar refractivity (Wildman–Crippen MR) is 56.0 cm³/mol. The summed E-state index contributed by atoms with van der Waals surface area (Å²) in [6, 6.07) is 0. The van der Waals surface area contributed by atoms with Gasteiger partial charge in [-0.05, 0) is 6.42 Å². The average Bonchev–Trinajstić information content (AvgIpc) is 2.89. The maximum atomic E-state index is 5.70. The standard InChI is InChI=1S/C9H13N3O2S/c1-2-9(13-4-5-14-9)6-12(3-1)8-11-10-7-15-8/h7H,1-6H2. The maximum Gasteiger partial charge on any atom is 0.208 e. The van der Waals surface area contributed by atoms with E-state index >= 15 is 0 Å². The van der Waals surface area contributed by atoms with Crippen LogP contribution in [0.15, 0.2) is 5.51 Å². The van der Waals surface area contributed by atoms with Gasteiger partial charge in [0, 0.05) is 13.0 Å². The minimum Gasteiger partial charge on any atom is -0.346 e. The largest absolute Gasteiger partial charge is 0.346 e. The van der Waals surface area contributed by atoms with Crippen LogP contribution < -0.4 is 4.90 Å². The highest BCUT2D eigenvalue weighted by Crippen LogP contribution is 2.32. The van der Waals surface area contributed by atoms with Crippen LogP contribution >= 0.6 is 11.3 Å². The van der Waals surface area contributed by atoms with E-state index in [1.807, 2.05) is 0 Å². The highest BCUT2D eigenvalue weighted by atomic mass is 32.1. The van der Waals surface area contributed by atoms with Gasteiger partial charge in [-0.15, -0.1) is 10.2 Å². The molecular formula is C9H13N3O2S. The molecule has 2 saturated heterocycles. The second kappa shape index (κ2) is 3.70. The van der Waals surface area contributed by atoms with E-state index in [2.05, 4.69) is 15.1 Å². The summed E-state index contributed by atoms with van der Waals surface area (Å²) in [7, 11) is 0. The Balaban J connectivity index is 1.76. The zero-order valence-electron chi connectivity index (χ0n) is 8.39. The normalized spacial score (nSPS) is 24.9. The number of aromatic nitrogens is 2. The van der Waals surface area contributed by atoms with Gasteiger partial charge < -0.3 is 14.4 Å². The number of nitrogens with zero attached hydrogens (tertiary/aromatic N) is 3. The molecule has 2 fully saturated rings. The molecule has 0 N–H and O–H groups in total. The topological polar surface area (TPSA) is 47.5 Å². The van der Waals surface area contributed by atoms with Gasteiger partial charge in [0.15, 0.2) is 5.79 Å². The van der Waals surface area contributed by atoms with Crippen molar-refractivity contribution >= 4 is 16.5 Å². The molecule has 2 aliphatic rings. The van der Waals surface area contributed by atoms with E-state index in [1.165, 1.54) is 0 Å². The third-order valence-corrected chi connectivity index (χ3v) is 3.60. The molecule has 0 aromatic carbocycles. The quantitative estimate of drug-likeness (QED) is 0.713. The second-order valence-corrected chi connectivity index (χ2v) is 4.67. The molecule has 6 heteroatoms. The molecule has 1 aromatic rings. The summed E-state index contributed by atoms with van der Waals surface area (Å²) in [4.78, 5) is 2.20. The van der Waals surface area contributed by atoms with Crippen LogP contribution in [0.2, 0.25) is 0 Å². The maximum absolute atomic E-state index is 5.70. The number of hydrogen-bond donors (Lipinski definition) is 0. The van der Waals surface area contributed by atoms with Crippen molar-refractivity contribution in [2.24, 2.45) is 0 Å². The Labute approximate surface area is 92.0 Å². The van der Waals surface area contributed by atoms with Gasteiger partial charge in [-0.1, -0.05) is 11.3 Å². The third kappa shape index (κ3) is 1.73. The molecule has 0 bridgehead atoms. The first kappa shape index (κ1) is 9.50. The summed E-state index contributed by atoms with van der Waals surface area (Å²) in [5.74, 6) is -0.371. The van der Waals surface area contributed by atoms with E-state index in [-0.39, 0.29) is 5.79 Å². The fraction of sp³-hybridized carbons (Fsp3) is 0.778. The molecule has 0 amide bonds. The molecule has 1 aromatic heterocycles. The second-order valence-electron chi connectivity index (χ2n) is 3.85. The lowest BCUT2D eigenvalue weighted by Gasteiger charge is -2.38. The molecule has 3 rings (SSSR count). The molecule has 0 aliphatic carbocycles. The van der Waals surface area contributed by atoms with Crippen LogP contribution in [0.4, 0.5) is 5.13 Å². The summed E-state index contributed by atoms with van der Waals surface area (Å²) < 4.78 is 11.4. The van der Waals surface area contributed by atoms with Gasteiger partial charge in [-0.25, -0.2) is 0 Å². The van der Waals surface area contributed by atoms with Crippen LogP contribution in [0, 0.1) is 0 Å². The Bertz CT molecular complexity index is 324. The molecular weight excluding hydrogens is 214 g/mol. The minimum atomic E-state index is -0.371. The molecule has 1 spiro atoms. The van der Waals surface area contributed by atoms with Crippen LogP contribution in [-0.4, -0.2) is 42.3 Å². The van der Waals surface area contributed by atoms with Crippen molar-refractivity contribution in [3.05, 3.63) is 5.51 Å². The fourth-order valence-electron chi connectivity index (χ4n) is 2.19. The smallest absolute Gasteiger partial charge is 0.208 e. The van der Waals surface area contributed by atoms with Crippen molar-refractivity contribution in [2.75, 3.05) is 31.2 Å². The molecule has 0 unspecified atom stereocenters. The van der Waals surface area contributed by atoms with E-state index in [0.29, 0.717) is 13.2 Å². The van der Waals surface area contributed by atoms with E-state index in [1.54, 1.807) is 16.8 Å². The Hall–Kier alpha value is -0.720. The van der Waals surface area contributed by atoms with Gasteiger partial charge in [0.2, 0.25) is 5.13 Å². The van der Waals surface area contributed by atoms with E-state index < -0.39 is 0 Å². The van der Waals surface area contributed by atoms with Crippen LogP contribution in [0.1, 0.15) is 12.8 Å². The predicted octanol–water partition coefficient (Wildman–Crippen LogP) is 0.881. The van der Waals surface area contributed by atoms with Crippen LogP contribution in [-0.2, 0) is 9.47 Å². The van der Waals surface area contributed by atoms with Crippen LogP contribution in [0.3, 0.4) is 0 Å². The number of anilines is 1. The number of hydrogen-bond acceptors (Lipinski definition) is 6. The van der Waals surface area contributed by atoms with Crippen molar-refractivity contribution in [3.63, 3.8) is 0 Å². The van der Waals surface area contributed by atoms with Crippen molar-refractivity contribution in [2.45, 2.75) is 18.6 Å². The molecule has 2 aliphatic heterocycles. The van der Waals surface area contributed by atoms with Gasteiger partial charge in [0.1, 0.15) is 5.51 Å². The lowest BCUT2D eigenvalue weighted by molar-refractivity contribution is -0.161. The zero-order chi connectivity index (χ0) is 10.1. The molecule has 5 nitrogen and oxygen atoms in total. The first-order valence-electron chi connectivity index (χ1n) is 5.17. The first-order chi connectivity index (χ1) is 7.38. The average molecular weight is 227 g/mol. The minimum absolute atomic E-state index is 0.371. The van der Waals surface area contributed by atoms with Gasteiger partial charge in [-0.2, -0.15) is 0 Å². The van der Waals surface area contributed by atoms with E-state index in [9.17, 15) is 0 Å². The molecule has 3 heterocycles. The Morgan fingerprint density at radius 2 is 2.27 bits per heavy atom. The van der Waals surface area contributed by atoms with Crippen molar-refractivity contribution < 1.29 is 9.47 Å². The highest BCUT2D eigenvalue weighted by molar-refractivity contribution is 7.13. The zero-order valence-corrected chi connectivity index (χ0v) is 9.20. The summed E-state index contributed by atoms with van der Waals surface area (Å²) in [5.41, 5.74) is 1.76. The Morgan fingerprint density at radius 3 is 3.00 bits per heavy atom. The van der Waals surface area contributed by atoms with Crippen LogP contribution in [0.25, 0.3) is 0 Å². The SMILES string of the molecule is c1nnc(N2CCCC3(C2)OCCO3)s1. The number of ether oxygens (including phenoxy) is 2. The van der Waals surface area contributed by atoms with Crippen molar-refractivity contribution in [3.8, 4) is 0 Å². The van der Waals surface area contributed by atoms with E-state index in [4.69, 9.17) is 9.47 Å². The number of rotatable bonds is 1. The van der Waals surface area contributed by atoms with Crippen molar-refractivity contribution in [1.29, 1.82) is 0 Å². The summed E-state index contributed by atoms with van der Waals surface area (Å²) in [6.45, 7) is 3.22. The molecule has 82 valence electrons. The Morgan fingerprint density at radius 1 is 1.40 bits per heavy atom. The Kier molecular flexibility index (Phi) is 2.34. The molecule has 0 atom stereocenters. The molecule has 0 radical (unpaired) electrons. The lowest BCUT2D eigenvalue weighted by Crippen LogP contribution is -2.49. The highest BCUT2D eigenvalue weighted by Gasteiger charge is 2.41. The van der Waals surface area contributed by atoms with Gasteiger partial charge >= 0.3 is 0 Å². The third-order valence-electron chi connectivity index (χ3n) is 2.85. The summed E-state index contributed by atoms with van der Waals surface area (Å²) in [5, 5.41) is 8.90. The summed E-state index contributed by atoms with van der Waals surface area (Å²) >= 11 is 1.56. The molecule has 15 heavy (non-hydrogen) atoms. The molecule has 0 saturated carbocycles. The lowest BCUT2D eigenvalue weighted by atomic mass is 10.1. The first-order valence-corrected chi connectivity index (χ1v) is 6.05. The van der Waals surface area contributed by atoms with Gasteiger partial charge in [-0.3, -0.25) is 0 Å². The van der Waals surface area contributed by atoms with Gasteiger partial charge in [0.05, 0.1) is 19.8 Å². The monoisotopic (exact) mass is 227 g/mol. The van der Waals surface area contributed by atoms with Gasteiger partial charge in [0.25, 0.3) is 0 Å². The number of piperidine rings is 1.